The lowest BCUT2D eigenvalue weighted by molar-refractivity contribution is 0.156. The molecule has 2 N–H and O–H groups in total. The fourth-order valence-corrected chi connectivity index (χ4v) is 2.78. The maximum atomic E-state index is 11.2. The van der Waals surface area contributed by atoms with E-state index in [1.807, 2.05) is 6.92 Å². The van der Waals surface area contributed by atoms with Gasteiger partial charge in [0.1, 0.15) is 0 Å². The molecular weight excluding hydrogens is 240 g/mol. The first-order valence-electron chi connectivity index (χ1n) is 6.56. The van der Waals surface area contributed by atoms with Gasteiger partial charge in [-0.25, -0.2) is 0 Å². The van der Waals surface area contributed by atoms with Gasteiger partial charge in [-0.2, -0.15) is 8.42 Å². The van der Waals surface area contributed by atoms with Crippen molar-refractivity contribution in [1.82, 2.24) is 0 Å². The molecule has 0 saturated carbocycles. The van der Waals surface area contributed by atoms with Crippen LogP contribution < -0.4 is 0 Å². The molecule has 0 spiro atoms. The van der Waals surface area contributed by atoms with E-state index < -0.39 is 15.4 Å². The molecule has 2 atom stereocenters. The van der Waals surface area contributed by atoms with Crippen LogP contribution in [-0.2, 0) is 10.1 Å². The maximum absolute atomic E-state index is 11.2. The SMILES string of the molecule is CCCCCC(CCCC(O)CC)S(=O)(=O)O. The molecule has 104 valence electrons. The minimum absolute atomic E-state index is 0.354. The zero-order valence-corrected chi connectivity index (χ0v) is 11.7. The Labute approximate surface area is 105 Å². The van der Waals surface area contributed by atoms with E-state index in [0.29, 0.717) is 32.1 Å². The number of unbranched alkanes of at least 4 members (excludes halogenated alkanes) is 2. The van der Waals surface area contributed by atoms with Gasteiger partial charge in [0.05, 0.1) is 11.4 Å². The summed E-state index contributed by atoms with van der Waals surface area (Å²) >= 11 is 0. The molecule has 0 fully saturated rings. The van der Waals surface area contributed by atoms with Crippen molar-refractivity contribution >= 4 is 10.1 Å². The third-order valence-electron chi connectivity index (χ3n) is 3.09. The molecule has 0 aliphatic carbocycles. The first kappa shape index (κ1) is 16.9. The van der Waals surface area contributed by atoms with Gasteiger partial charge in [0.25, 0.3) is 10.1 Å². The van der Waals surface area contributed by atoms with Gasteiger partial charge in [-0.1, -0.05) is 33.1 Å². The van der Waals surface area contributed by atoms with Crippen molar-refractivity contribution in [1.29, 1.82) is 0 Å². The van der Waals surface area contributed by atoms with Crippen LogP contribution in [0.2, 0.25) is 0 Å². The van der Waals surface area contributed by atoms with Crippen molar-refractivity contribution in [2.45, 2.75) is 76.6 Å². The molecule has 0 amide bonds. The summed E-state index contributed by atoms with van der Waals surface area (Å²) < 4.78 is 31.4. The van der Waals surface area contributed by atoms with E-state index >= 15 is 0 Å². The molecule has 4 nitrogen and oxygen atoms in total. The molecule has 0 aromatic heterocycles. The summed E-state index contributed by atoms with van der Waals surface area (Å²) in [6.45, 7) is 3.95. The fourth-order valence-electron chi connectivity index (χ4n) is 1.85. The topological polar surface area (TPSA) is 74.6 Å². The highest BCUT2D eigenvalue weighted by molar-refractivity contribution is 7.86. The van der Waals surface area contributed by atoms with E-state index in [-0.39, 0.29) is 6.10 Å². The second-order valence-corrected chi connectivity index (χ2v) is 6.32. The van der Waals surface area contributed by atoms with Gasteiger partial charge in [0.15, 0.2) is 0 Å². The molecule has 0 aromatic rings. The Morgan fingerprint density at radius 1 is 1.00 bits per heavy atom. The number of hydrogen-bond donors (Lipinski definition) is 2. The Kier molecular flexibility index (Phi) is 8.82. The van der Waals surface area contributed by atoms with Crippen LogP contribution in [-0.4, -0.2) is 29.4 Å². The maximum Gasteiger partial charge on any atom is 0.267 e. The molecule has 0 radical (unpaired) electrons. The monoisotopic (exact) mass is 266 g/mol. The normalized spacial score (nSPS) is 15.8. The van der Waals surface area contributed by atoms with Gasteiger partial charge in [-0.05, 0) is 32.1 Å². The molecule has 5 heteroatoms. The highest BCUT2D eigenvalue weighted by atomic mass is 32.2. The molecule has 0 aromatic carbocycles. The minimum Gasteiger partial charge on any atom is -0.393 e. The second-order valence-electron chi connectivity index (χ2n) is 4.63. The highest BCUT2D eigenvalue weighted by Gasteiger charge is 2.22. The van der Waals surface area contributed by atoms with Crippen LogP contribution in [0.3, 0.4) is 0 Å². The third-order valence-corrected chi connectivity index (χ3v) is 4.40. The predicted molar refractivity (Wildman–Crippen MR) is 69.6 cm³/mol. The molecule has 0 aliphatic rings. The molecule has 0 heterocycles. The zero-order chi connectivity index (χ0) is 13.3. The molecule has 0 saturated heterocycles. The lowest BCUT2D eigenvalue weighted by Crippen LogP contribution is -2.21. The fraction of sp³-hybridized carbons (Fsp3) is 1.00. The van der Waals surface area contributed by atoms with E-state index in [1.165, 1.54) is 0 Å². The number of aliphatic hydroxyl groups is 1. The van der Waals surface area contributed by atoms with E-state index in [9.17, 15) is 13.5 Å². The Hall–Kier alpha value is -0.130. The summed E-state index contributed by atoms with van der Waals surface area (Å²) in [5.41, 5.74) is 0. The van der Waals surface area contributed by atoms with Crippen LogP contribution in [0.1, 0.15) is 65.2 Å². The lowest BCUT2D eigenvalue weighted by atomic mass is 10.0. The summed E-state index contributed by atoms with van der Waals surface area (Å²) in [5.74, 6) is 0. The largest absolute Gasteiger partial charge is 0.393 e. The number of hydrogen-bond acceptors (Lipinski definition) is 3. The van der Waals surface area contributed by atoms with Gasteiger partial charge in [0.2, 0.25) is 0 Å². The molecule has 0 bridgehead atoms. The van der Waals surface area contributed by atoms with Crippen LogP contribution in [0.5, 0.6) is 0 Å². The van der Waals surface area contributed by atoms with Gasteiger partial charge in [-0.15, -0.1) is 0 Å². The summed E-state index contributed by atoms with van der Waals surface area (Å²) in [4.78, 5) is 0. The number of rotatable bonds is 10. The Morgan fingerprint density at radius 3 is 2.06 bits per heavy atom. The minimum atomic E-state index is -3.93. The van der Waals surface area contributed by atoms with Gasteiger partial charge < -0.3 is 5.11 Å². The van der Waals surface area contributed by atoms with Crippen LogP contribution in [0.4, 0.5) is 0 Å². The quantitative estimate of drug-likeness (QED) is 0.471. The van der Waals surface area contributed by atoms with Crippen molar-refractivity contribution in [3.63, 3.8) is 0 Å². The van der Waals surface area contributed by atoms with Crippen molar-refractivity contribution in [3.8, 4) is 0 Å². The lowest BCUT2D eigenvalue weighted by Gasteiger charge is -2.14. The van der Waals surface area contributed by atoms with Crippen LogP contribution in [0, 0.1) is 0 Å². The highest BCUT2D eigenvalue weighted by Crippen LogP contribution is 2.17. The standard InChI is InChI=1S/C12H26O4S/c1-3-5-6-9-12(17(14,15)16)10-7-8-11(13)4-2/h11-13H,3-10H2,1-2H3,(H,14,15,16). The first-order chi connectivity index (χ1) is 7.91. The van der Waals surface area contributed by atoms with Gasteiger partial charge in [0, 0.05) is 0 Å². The van der Waals surface area contributed by atoms with Crippen molar-refractivity contribution in [3.05, 3.63) is 0 Å². The average Bonchev–Trinajstić information content (AvgIpc) is 2.25. The van der Waals surface area contributed by atoms with Gasteiger partial charge in [-0.3, -0.25) is 4.55 Å². The first-order valence-corrected chi connectivity index (χ1v) is 8.06. The van der Waals surface area contributed by atoms with E-state index in [1.54, 1.807) is 0 Å². The summed E-state index contributed by atoms with van der Waals surface area (Å²) in [6.07, 6.45) is 5.41. The molecule has 0 rings (SSSR count). The van der Waals surface area contributed by atoms with E-state index in [4.69, 9.17) is 4.55 Å². The summed E-state index contributed by atoms with van der Waals surface area (Å²) in [5, 5.41) is 8.72. The Balaban J connectivity index is 4.04. The van der Waals surface area contributed by atoms with Crippen LogP contribution in [0.25, 0.3) is 0 Å². The van der Waals surface area contributed by atoms with Gasteiger partial charge >= 0.3 is 0 Å². The second kappa shape index (κ2) is 8.89. The van der Waals surface area contributed by atoms with Crippen LogP contribution >= 0.6 is 0 Å². The summed E-state index contributed by atoms with van der Waals surface area (Å²) in [7, 11) is -3.93. The van der Waals surface area contributed by atoms with Crippen molar-refractivity contribution in [2.75, 3.05) is 0 Å². The average molecular weight is 266 g/mol. The molecular formula is C12H26O4S. The molecule has 17 heavy (non-hydrogen) atoms. The number of aliphatic hydroxyl groups excluding tert-OH is 1. The van der Waals surface area contributed by atoms with E-state index in [2.05, 4.69) is 6.92 Å². The third kappa shape index (κ3) is 8.57. The predicted octanol–water partition coefficient (Wildman–Crippen LogP) is 2.76. The zero-order valence-electron chi connectivity index (χ0n) is 10.9. The Bertz CT molecular complexity index is 274. The Morgan fingerprint density at radius 2 is 1.59 bits per heavy atom. The molecule has 2 unspecified atom stereocenters. The van der Waals surface area contributed by atoms with Crippen molar-refractivity contribution in [2.24, 2.45) is 0 Å². The van der Waals surface area contributed by atoms with Crippen molar-refractivity contribution < 1.29 is 18.1 Å². The smallest absolute Gasteiger partial charge is 0.267 e. The van der Waals surface area contributed by atoms with Crippen LogP contribution in [0.15, 0.2) is 0 Å². The summed E-state index contributed by atoms with van der Waals surface area (Å²) in [6, 6.07) is 0. The molecule has 0 aliphatic heterocycles. The van der Waals surface area contributed by atoms with E-state index in [0.717, 1.165) is 19.3 Å².